The van der Waals surface area contributed by atoms with Crippen LogP contribution in [0.5, 0.6) is 0 Å². The second-order valence-electron chi connectivity index (χ2n) is 5.23. The maximum atomic E-state index is 13.9. The van der Waals surface area contributed by atoms with Crippen LogP contribution in [0.15, 0.2) is 47.4 Å². The number of thiazole rings is 1. The molecule has 0 aliphatic rings. The van der Waals surface area contributed by atoms with E-state index in [1.165, 1.54) is 30.4 Å². The molecule has 0 saturated heterocycles. The van der Waals surface area contributed by atoms with E-state index in [1.54, 1.807) is 6.07 Å². The average Bonchev–Trinajstić information content (AvgIpc) is 3.01. The number of hydrogen-bond acceptors (Lipinski definition) is 6. The lowest BCUT2D eigenvalue weighted by Gasteiger charge is -2.05. The predicted octanol–water partition coefficient (Wildman–Crippen LogP) is 4.47. The Morgan fingerprint density at radius 1 is 1.24 bits per heavy atom. The number of aromatic nitrogens is 1. The molecular weight excluding hydrogens is 361 g/mol. The van der Waals surface area contributed by atoms with Gasteiger partial charge in [0.1, 0.15) is 17.4 Å². The minimum absolute atomic E-state index is 0.0127. The first-order valence-corrected chi connectivity index (χ1v) is 9.26. The molecule has 1 aromatic heterocycles. The molecular formula is C18H14FNO3S2. The van der Waals surface area contributed by atoms with E-state index in [0.29, 0.717) is 10.5 Å². The Kier molecular flexibility index (Phi) is 5.45. The molecule has 2 aromatic carbocycles. The van der Waals surface area contributed by atoms with Crippen LogP contribution in [0.1, 0.15) is 22.3 Å². The maximum Gasteiger partial charge on any atom is 0.316 e. The first-order valence-electron chi connectivity index (χ1n) is 7.46. The highest BCUT2D eigenvalue weighted by molar-refractivity contribution is 8.00. The van der Waals surface area contributed by atoms with Gasteiger partial charge in [-0.3, -0.25) is 9.59 Å². The van der Waals surface area contributed by atoms with Crippen LogP contribution in [0.2, 0.25) is 0 Å². The predicted molar refractivity (Wildman–Crippen MR) is 96.5 cm³/mol. The molecule has 3 rings (SSSR count). The molecule has 0 atom stereocenters. The van der Waals surface area contributed by atoms with Crippen molar-refractivity contribution < 1.29 is 18.7 Å². The van der Waals surface area contributed by atoms with Crippen LogP contribution >= 0.6 is 23.1 Å². The van der Waals surface area contributed by atoms with E-state index in [0.717, 1.165) is 27.0 Å². The lowest BCUT2D eigenvalue weighted by atomic mass is 10.1. The van der Waals surface area contributed by atoms with Gasteiger partial charge in [0.15, 0.2) is 5.78 Å². The second-order valence-corrected chi connectivity index (χ2v) is 7.36. The minimum Gasteiger partial charge on any atom is -0.458 e. The van der Waals surface area contributed by atoms with E-state index < -0.39 is 11.8 Å². The summed E-state index contributed by atoms with van der Waals surface area (Å²) in [5.74, 6) is -1.18. The highest BCUT2D eigenvalue weighted by atomic mass is 32.2. The number of esters is 1. The number of carbonyl (C=O) groups excluding carboxylic acids is 2. The minimum atomic E-state index is -0.517. The Morgan fingerprint density at radius 2 is 2.04 bits per heavy atom. The molecule has 0 saturated carbocycles. The first kappa shape index (κ1) is 17.6. The monoisotopic (exact) mass is 375 g/mol. The number of rotatable bonds is 6. The largest absolute Gasteiger partial charge is 0.458 e. The van der Waals surface area contributed by atoms with Crippen molar-refractivity contribution in [2.75, 3.05) is 5.75 Å². The van der Waals surface area contributed by atoms with Crippen LogP contribution < -0.4 is 0 Å². The molecule has 0 N–H and O–H groups in total. The molecule has 0 radical (unpaired) electrons. The third-order valence-electron chi connectivity index (χ3n) is 3.38. The highest BCUT2D eigenvalue weighted by Crippen LogP contribution is 2.24. The fourth-order valence-corrected chi connectivity index (χ4v) is 3.74. The van der Waals surface area contributed by atoms with Gasteiger partial charge in [0.05, 0.1) is 16.0 Å². The van der Waals surface area contributed by atoms with Gasteiger partial charge in [-0.05, 0) is 31.2 Å². The quantitative estimate of drug-likeness (QED) is 0.361. The molecule has 7 heteroatoms. The number of nitrogens with zero attached hydrogens (tertiary/aromatic N) is 1. The molecule has 25 heavy (non-hydrogen) atoms. The van der Waals surface area contributed by atoms with Crippen molar-refractivity contribution in [1.82, 2.24) is 4.98 Å². The summed E-state index contributed by atoms with van der Waals surface area (Å²) in [4.78, 5) is 27.7. The summed E-state index contributed by atoms with van der Waals surface area (Å²) in [6.07, 6.45) is 0. The highest BCUT2D eigenvalue weighted by Gasteiger charge is 2.11. The van der Waals surface area contributed by atoms with Crippen LogP contribution in [0, 0.1) is 5.82 Å². The lowest BCUT2D eigenvalue weighted by Crippen LogP contribution is -2.07. The van der Waals surface area contributed by atoms with E-state index in [9.17, 15) is 14.0 Å². The second kappa shape index (κ2) is 7.76. The number of halogens is 1. The van der Waals surface area contributed by atoms with Crippen molar-refractivity contribution in [2.45, 2.75) is 18.4 Å². The Hall–Kier alpha value is -2.25. The van der Waals surface area contributed by atoms with Crippen molar-refractivity contribution in [1.29, 1.82) is 0 Å². The van der Waals surface area contributed by atoms with E-state index in [2.05, 4.69) is 4.98 Å². The normalized spacial score (nSPS) is 10.8. The lowest BCUT2D eigenvalue weighted by molar-refractivity contribution is -0.141. The topological polar surface area (TPSA) is 56.3 Å². The molecule has 0 amide bonds. The Balaban J connectivity index is 1.53. The summed E-state index contributed by atoms with van der Waals surface area (Å²) in [7, 11) is 0. The zero-order valence-electron chi connectivity index (χ0n) is 13.3. The van der Waals surface area contributed by atoms with Gasteiger partial charge >= 0.3 is 5.97 Å². The van der Waals surface area contributed by atoms with Gasteiger partial charge in [-0.2, -0.15) is 0 Å². The number of hydrogen-bond donors (Lipinski definition) is 0. The summed E-state index contributed by atoms with van der Waals surface area (Å²) in [6.45, 7) is 1.48. The van der Waals surface area contributed by atoms with Crippen molar-refractivity contribution in [3.63, 3.8) is 0 Å². The molecule has 0 bridgehead atoms. The van der Waals surface area contributed by atoms with Gasteiger partial charge in [0.2, 0.25) is 0 Å². The van der Waals surface area contributed by atoms with Crippen LogP contribution in [0.4, 0.5) is 4.39 Å². The molecule has 128 valence electrons. The fourth-order valence-electron chi connectivity index (χ4n) is 2.14. The number of Topliss-reactive ketones (excluding diaryl/α,β-unsaturated/α-hetero) is 1. The molecule has 0 spiro atoms. The SMILES string of the molecule is CC(=O)c1ccc(SCC(=O)OCc2nc3ccccc3s2)c(F)c1. The zero-order chi connectivity index (χ0) is 17.8. The molecule has 0 aliphatic heterocycles. The Morgan fingerprint density at radius 3 is 2.76 bits per heavy atom. The molecule has 0 aliphatic carbocycles. The van der Waals surface area contributed by atoms with Gasteiger partial charge in [0.25, 0.3) is 0 Å². The van der Waals surface area contributed by atoms with E-state index in [1.807, 2.05) is 24.3 Å². The summed E-state index contributed by atoms with van der Waals surface area (Å²) in [6, 6.07) is 11.9. The number of benzene rings is 2. The fraction of sp³-hybridized carbons (Fsp3) is 0.167. The van der Waals surface area contributed by atoms with E-state index >= 15 is 0 Å². The number of thioether (sulfide) groups is 1. The number of para-hydroxylation sites is 1. The number of ether oxygens (including phenoxy) is 1. The van der Waals surface area contributed by atoms with Crippen molar-refractivity contribution in [2.24, 2.45) is 0 Å². The summed E-state index contributed by atoms with van der Waals surface area (Å²) < 4.78 is 20.1. The average molecular weight is 375 g/mol. The van der Waals surface area contributed by atoms with Crippen LogP contribution in [-0.4, -0.2) is 22.5 Å². The van der Waals surface area contributed by atoms with Crippen LogP contribution in [0.3, 0.4) is 0 Å². The van der Waals surface area contributed by atoms with E-state index in [-0.39, 0.29) is 18.1 Å². The number of carbonyl (C=O) groups is 2. The molecule has 0 fully saturated rings. The summed E-state index contributed by atoms with van der Waals surface area (Å²) in [5.41, 5.74) is 1.18. The van der Waals surface area contributed by atoms with Gasteiger partial charge in [-0.1, -0.05) is 18.2 Å². The third-order valence-corrected chi connectivity index (χ3v) is 5.41. The third kappa shape index (κ3) is 4.43. The summed E-state index contributed by atoms with van der Waals surface area (Å²) >= 11 is 2.51. The Bertz CT molecular complexity index is 906. The van der Waals surface area contributed by atoms with Crippen molar-refractivity contribution in [3.05, 3.63) is 58.9 Å². The van der Waals surface area contributed by atoms with Crippen LogP contribution in [0.25, 0.3) is 10.2 Å². The van der Waals surface area contributed by atoms with Crippen LogP contribution in [-0.2, 0) is 16.1 Å². The summed E-state index contributed by atoms with van der Waals surface area (Å²) in [5, 5.41) is 0.719. The van der Waals surface area contributed by atoms with Gasteiger partial charge in [0, 0.05) is 10.5 Å². The molecule has 0 unspecified atom stereocenters. The Labute approximate surface area is 152 Å². The van der Waals surface area contributed by atoms with Crippen molar-refractivity contribution >= 4 is 45.1 Å². The van der Waals surface area contributed by atoms with Gasteiger partial charge in [-0.15, -0.1) is 23.1 Å². The van der Waals surface area contributed by atoms with Gasteiger partial charge < -0.3 is 4.74 Å². The zero-order valence-corrected chi connectivity index (χ0v) is 15.0. The number of fused-ring (bicyclic) bond motifs is 1. The van der Waals surface area contributed by atoms with E-state index in [4.69, 9.17) is 4.74 Å². The molecule has 3 aromatic rings. The maximum absolute atomic E-state index is 13.9. The molecule has 4 nitrogen and oxygen atoms in total. The smallest absolute Gasteiger partial charge is 0.316 e. The van der Waals surface area contributed by atoms with Gasteiger partial charge in [-0.25, -0.2) is 9.37 Å². The number of ketones is 1. The standard InChI is InChI=1S/C18H14FNO3S2/c1-11(21)12-6-7-15(13(19)8-12)24-10-18(22)23-9-17-20-14-4-2-3-5-16(14)25-17/h2-8H,9-10H2,1H3. The molecule has 1 heterocycles. The first-order chi connectivity index (χ1) is 12.0. The van der Waals surface area contributed by atoms with Crippen molar-refractivity contribution in [3.8, 4) is 0 Å².